The number of benzene rings is 1. The van der Waals surface area contributed by atoms with Crippen LogP contribution in [-0.2, 0) is 13.1 Å². The molecule has 0 radical (unpaired) electrons. The fourth-order valence-corrected chi connectivity index (χ4v) is 4.51. The van der Waals surface area contributed by atoms with Crippen molar-refractivity contribution in [1.82, 2.24) is 24.9 Å². The molecule has 0 atom stereocenters. The zero-order valence-electron chi connectivity index (χ0n) is 19.4. The van der Waals surface area contributed by atoms with E-state index in [2.05, 4.69) is 44.6 Å². The van der Waals surface area contributed by atoms with Crippen LogP contribution in [-0.4, -0.2) is 43.9 Å². The van der Waals surface area contributed by atoms with Gasteiger partial charge in [0.25, 0.3) is 5.91 Å². The van der Waals surface area contributed by atoms with Crippen LogP contribution < -0.4 is 5.32 Å². The normalized spacial score (nSPS) is 15.0. The van der Waals surface area contributed by atoms with Crippen LogP contribution in [0.2, 0.25) is 0 Å². The number of rotatable bonds is 7. The molecule has 1 aliphatic heterocycles. The molecule has 32 heavy (non-hydrogen) atoms. The van der Waals surface area contributed by atoms with Gasteiger partial charge in [0, 0.05) is 30.0 Å². The lowest BCUT2D eigenvalue weighted by atomic mass is 10.1. The molecule has 1 saturated heterocycles. The molecular formula is C25H34N6O. The van der Waals surface area contributed by atoms with Crippen LogP contribution in [0.5, 0.6) is 0 Å². The molecule has 1 fully saturated rings. The van der Waals surface area contributed by atoms with Crippen molar-refractivity contribution in [2.24, 2.45) is 0 Å². The second-order valence-corrected chi connectivity index (χ2v) is 8.78. The van der Waals surface area contributed by atoms with Crippen molar-refractivity contribution >= 4 is 11.6 Å². The van der Waals surface area contributed by atoms with E-state index < -0.39 is 0 Å². The number of aromatic amines is 1. The fraction of sp³-hybridized carbons (Fsp3) is 0.480. The summed E-state index contributed by atoms with van der Waals surface area (Å²) in [6.07, 6.45) is 6.29. The first-order valence-corrected chi connectivity index (χ1v) is 11.8. The Bertz CT molecular complexity index is 1040. The van der Waals surface area contributed by atoms with E-state index in [1.807, 2.05) is 30.7 Å². The summed E-state index contributed by atoms with van der Waals surface area (Å²) in [5.74, 6) is -0.194. The molecule has 4 rings (SSSR count). The number of anilines is 1. The van der Waals surface area contributed by atoms with Gasteiger partial charge in [0.2, 0.25) is 0 Å². The molecule has 170 valence electrons. The standard InChI is InChI=1S/C25H34N6O/c1-4-13-31-19(3)24(18(2)29-31)22-16-23(28-27-22)25(32)26-21-11-9-20(10-12-21)17-30-14-7-5-6-8-15-30/h9-12,16H,4-8,13-15,17H2,1-3H3,(H,26,32)(H,27,28). The zero-order chi connectivity index (χ0) is 22.5. The van der Waals surface area contributed by atoms with E-state index in [9.17, 15) is 4.79 Å². The van der Waals surface area contributed by atoms with Gasteiger partial charge in [-0.05, 0) is 70.0 Å². The van der Waals surface area contributed by atoms with Gasteiger partial charge in [0.15, 0.2) is 0 Å². The van der Waals surface area contributed by atoms with Gasteiger partial charge in [-0.2, -0.15) is 10.2 Å². The monoisotopic (exact) mass is 434 g/mol. The number of nitrogens with one attached hydrogen (secondary N) is 2. The third-order valence-electron chi connectivity index (χ3n) is 6.21. The van der Waals surface area contributed by atoms with Gasteiger partial charge < -0.3 is 5.32 Å². The number of amides is 1. The molecule has 0 saturated carbocycles. The second kappa shape index (κ2) is 10.1. The number of aromatic nitrogens is 4. The fourth-order valence-electron chi connectivity index (χ4n) is 4.51. The molecule has 7 heteroatoms. The van der Waals surface area contributed by atoms with Gasteiger partial charge in [-0.1, -0.05) is 31.9 Å². The molecule has 0 unspecified atom stereocenters. The van der Waals surface area contributed by atoms with Crippen molar-refractivity contribution in [2.45, 2.75) is 66.0 Å². The van der Waals surface area contributed by atoms with E-state index in [0.717, 1.165) is 47.8 Å². The Kier molecular flexibility index (Phi) is 7.05. The quantitative estimate of drug-likeness (QED) is 0.553. The maximum absolute atomic E-state index is 12.8. The summed E-state index contributed by atoms with van der Waals surface area (Å²) in [4.78, 5) is 15.3. The largest absolute Gasteiger partial charge is 0.321 e. The van der Waals surface area contributed by atoms with Crippen molar-refractivity contribution in [1.29, 1.82) is 0 Å². The Morgan fingerprint density at radius 3 is 2.50 bits per heavy atom. The van der Waals surface area contributed by atoms with E-state index in [4.69, 9.17) is 0 Å². The van der Waals surface area contributed by atoms with E-state index in [1.165, 1.54) is 44.3 Å². The molecule has 0 spiro atoms. The lowest BCUT2D eigenvalue weighted by molar-refractivity contribution is 0.102. The van der Waals surface area contributed by atoms with Crippen LogP contribution in [0.1, 0.15) is 66.5 Å². The minimum Gasteiger partial charge on any atom is -0.321 e. The predicted octanol–water partition coefficient (Wildman–Crippen LogP) is 4.93. The van der Waals surface area contributed by atoms with Crippen LogP contribution >= 0.6 is 0 Å². The van der Waals surface area contributed by atoms with E-state index in [0.29, 0.717) is 5.69 Å². The summed E-state index contributed by atoms with van der Waals surface area (Å²) in [5, 5.41) is 14.9. The number of hydrogen-bond acceptors (Lipinski definition) is 4. The summed E-state index contributed by atoms with van der Waals surface area (Å²) >= 11 is 0. The van der Waals surface area contributed by atoms with Gasteiger partial charge in [-0.15, -0.1) is 0 Å². The molecule has 1 amide bonds. The smallest absolute Gasteiger partial charge is 0.273 e. The topological polar surface area (TPSA) is 78.8 Å². The number of carbonyl (C=O) groups is 1. The Morgan fingerprint density at radius 1 is 1.09 bits per heavy atom. The molecule has 7 nitrogen and oxygen atoms in total. The highest BCUT2D eigenvalue weighted by Crippen LogP contribution is 2.26. The molecule has 2 N–H and O–H groups in total. The molecule has 2 aromatic heterocycles. The highest BCUT2D eigenvalue weighted by Gasteiger charge is 2.18. The number of aryl methyl sites for hydroxylation is 2. The summed E-state index contributed by atoms with van der Waals surface area (Å²) < 4.78 is 2.01. The summed E-state index contributed by atoms with van der Waals surface area (Å²) in [6.45, 7) is 10.4. The highest BCUT2D eigenvalue weighted by atomic mass is 16.1. The average Bonchev–Trinajstić information content (AvgIpc) is 3.26. The lowest BCUT2D eigenvalue weighted by Gasteiger charge is -2.19. The maximum atomic E-state index is 12.8. The van der Waals surface area contributed by atoms with Crippen molar-refractivity contribution in [3.05, 3.63) is 53.0 Å². The summed E-state index contributed by atoms with van der Waals surface area (Å²) in [6, 6.07) is 9.97. The third kappa shape index (κ3) is 5.10. The minimum atomic E-state index is -0.194. The van der Waals surface area contributed by atoms with Crippen molar-refractivity contribution in [3.63, 3.8) is 0 Å². The number of hydrogen-bond donors (Lipinski definition) is 2. The second-order valence-electron chi connectivity index (χ2n) is 8.78. The molecule has 3 heterocycles. The Morgan fingerprint density at radius 2 is 1.81 bits per heavy atom. The van der Waals surface area contributed by atoms with Crippen LogP contribution in [0.3, 0.4) is 0 Å². The van der Waals surface area contributed by atoms with E-state index >= 15 is 0 Å². The highest BCUT2D eigenvalue weighted by molar-refractivity contribution is 6.03. The molecular weight excluding hydrogens is 400 g/mol. The van der Waals surface area contributed by atoms with Crippen molar-refractivity contribution in [2.75, 3.05) is 18.4 Å². The lowest BCUT2D eigenvalue weighted by Crippen LogP contribution is -2.23. The van der Waals surface area contributed by atoms with Crippen LogP contribution in [0.25, 0.3) is 11.3 Å². The molecule has 1 aliphatic rings. The maximum Gasteiger partial charge on any atom is 0.273 e. The number of likely N-dealkylation sites (tertiary alicyclic amines) is 1. The molecule has 1 aromatic carbocycles. The van der Waals surface area contributed by atoms with Gasteiger partial charge in [0.1, 0.15) is 5.69 Å². The first kappa shape index (κ1) is 22.3. The molecule has 3 aromatic rings. The van der Waals surface area contributed by atoms with E-state index in [1.54, 1.807) is 6.07 Å². The van der Waals surface area contributed by atoms with Gasteiger partial charge in [0.05, 0.1) is 11.4 Å². The summed E-state index contributed by atoms with van der Waals surface area (Å²) in [7, 11) is 0. The Balaban J connectivity index is 1.40. The molecule has 0 aliphatic carbocycles. The SMILES string of the molecule is CCCn1nc(C)c(-c2cc(C(=O)Nc3ccc(CN4CCCCCC4)cc3)[nH]n2)c1C. The Labute approximate surface area is 190 Å². The van der Waals surface area contributed by atoms with Gasteiger partial charge in [-0.25, -0.2) is 0 Å². The predicted molar refractivity (Wildman–Crippen MR) is 128 cm³/mol. The van der Waals surface area contributed by atoms with Crippen LogP contribution in [0.4, 0.5) is 5.69 Å². The van der Waals surface area contributed by atoms with Crippen molar-refractivity contribution < 1.29 is 4.79 Å². The zero-order valence-corrected chi connectivity index (χ0v) is 19.4. The first-order valence-electron chi connectivity index (χ1n) is 11.8. The minimum absolute atomic E-state index is 0.194. The summed E-state index contributed by atoms with van der Waals surface area (Å²) in [5.41, 5.74) is 6.25. The first-order chi connectivity index (χ1) is 15.5. The van der Waals surface area contributed by atoms with Gasteiger partial charge in [-0.3, -0.25) is 19.5 Å². The van der Waals surface area contributed by atoms with Gasteiger partial charge >= 0.3 is 0 Å². The van der Waals surface area contributed by atoms with Crippen molar-refractivity contribution in [3.8, 4) is 11.3 Å². The molecule has 0 bridgehead atoms. The number of nitrogens with zero attached hydrogens (tertiary/aromatic N) is 4. The van der Waals surface area contributed by atoms with Crippen LogP contribution in [0.15, 0.2) is 30.3 Å². The van der Waals surface area contributed by atoms with Crippen LogP contribution in [0, 0.1) is 13.8 Å². The van der Waals surface area contributed by atoms with E-state index in [-0.39, 0.29) is 5.91 Å². The number of H-pyrrole nitrogens is 1. The Hall–Kier alpha value is -2.93. The average molecular weight is 435 g/mol. The third-order valence-corrected chi connectivity index (χ3v) is 6.21. The number of carbonyl (C=O) groups excluding carboxylic acids is 1.